The van der Waals surface area contributed by atoms with Crippen LogP contribution >= 0.6 is 11.6 Å². The summed E-state index contributed by atoms with van der Waals surface area (Å²) in [6.07, 6.45) is 0. The molecule has 2 aromatic rings. The van der Waals surface area contributed by atoms with E-state index in [0.717, 1.165) is 19.6 Å². The molecule has 1 unspecified atom stereocenters. The first-order valence-electron chi connectivity index (χ1n) is 6.34. The summed E-state index contributed by atoms with van der Waals surface area (Å²) in [4.78, 5) is 6.61. The molecule has 3 rings (SSSR count). The van der Waals surface area contributed by atoms with Crippen LogP contribution in [0.15, 0.2) is 10.5 Å². The van der Waals surface area contributed by atoms with Gasteiger partial charge in [-0.1, -0.05) is 11.6 Å². The zero-order valence-electron chi connectivity index (χ0n) is 10.9. The predicted octanol–water partition coefficient (Wildman–Crippen LogP) is 2.29. The van der Waals surface area contributed by atoms with Crippen LogP contribution in [0.4, 0.5) is 6.01 Å². The second-order valence-corrected chi connectivity index (χ2v) is 5.33. The van der Waals surface area contributed by atoms with E-state index >= 15 is 0 Å². The van der Waals surface area contributed by atoms with E-state index in [9.17, 15) is 5.11 Å². The fourth-order valence-corrected chi connectivity index (χ4v) is 2.65. The minimum Gasteiger partial charge on any atom is -0.506 e. The number of benzene rings is 1. The van der Waals surface area contributed by atoms with Gasteiger partial charge < -0.3 is 19.7 Å². The van der Waals surface area contributed by atoms with Crippen molar-refractivity contribution in [1.29, 1.82) is 0 Å². The third-order valence-corrected chi connectivity index (χ3v) is 3.86. The number of hydrogen-bond acceptors (Lipinski definition) is 5. The topological polar surface area (TPSA) is 61.5 Å². The average molecular weight is 282 g/mol. The lowest BCUT2D eigenvalue weighted by molar-refractivity contribution is 0.453. The first kappa shape index (κ1) is 12.6. The quantitative estimate of drug-likeness (QED) is 0.840. The van der Waals surface area contributed by atoms with Crippen LogP contribution in [0.25, 0.3) is 11.1 Å². The Hall–Kier alpha value is -1.46. The molecule has 1 aromatic carbocycles. The molecule has 2 heterocycles. The highest BCUT2D eigenvalue weighted by Crippen LogP contribution is 2.36. The van der Waals surface area contributed by atoms with Crippen LogP contribution in [0.5, 0.6) is 5.75 Å². The number of oxazole rings is 1. The Balaban J connectivity index is 2.09. The number of hydrogen-bond donors (Lipinski definition) is 2. The van der Waals surface area contributed by atoms with Crippen molar-refractivity contribution in [3.05, 3.63) is 16.7 Å². The standard InChI is InChI=1S/C13H16ClN3O2/c1-7-6-15-3-4-17(7)13-16-10-5-9(14)11(18)8(2)12(10)19-13/h5,7,15,18H,3-4,6H2,1-2H3. The van der Waals surface area contributed by atoms with E-state index in [1.807, 2.05) is 0 Å². The van der Waals surface area contributed by atoms with E-state index in [1.165, 1.54) is 0 Å². The Morgan fingerprint density at radius 3 is 3.11 bits per heavy atom. The van der Waals surface area contributed by atoms with Crippen molar-refractivity contribution in [3.63, 3.8) is 0 Å². The van der Waals surface area contributed by atoms with Gasteiger partial charge in [-0.25, -0.2) is 0 Å². The van der Waals surface area contributed by atoms with Gasteiger partial charge in [0, 0.05) is 31.2 Å². The van der Waals surface area contributed by atoms with Crippen molar-refractivity contribution in [2.24, 2.45) is 0 Å². The summed E-state index contributed by atoms with van der Waals surface area (Å²) in [5.41, 5.74) is 1.91. The van der Waals surface area contributed by atoms with Crippen LogP contribution in [0.2, 0.25) is 5.02 Å². The summed E-state index contributed by atoms with van der Waals surface area (Å²) in [5.74, 6) is 0.0604. The molecule has 2 N–H and O–H groups in total. The highest BCUT2D eigenvalue weighted by atomic mass is 35.5. The van der Waals surface area contributed by atoms with Crippen LogP contribution in [0.3, 0.4) is 0 Å². The number of nitrogens with zero attached hydrogens (tertiary/aromatic N) is 2. The van der Waals surface area contributed by atoms with Gasteiger partial charge in [-0.3, -0.25) is 0 Å². The Kier molecular flexibility index (Phi) is 3.03. The summed E-state index contributed by atoms with van der Waals surface area (Å²) in [6, 6.07) is 2.55. The molecule has 0 bridgehead atoms. The van der Waals surface area contributed by atoms with Gasteiger partial charge in [0.15, 0.2) is 5.58 Å². The molecule has 0 radical (unpaired) electrons. The Bertz CT molecular complexity index is 626. The predicted molar refractivity (Wildman–Crippen MR) is 75.1 cm³/mol. The third kappa shape index (κ3) is 2.03. The lowest BCUT2D eigenvalue weighted by atomic mass is 10.2. The molecule has 19 heavy (non-hydrogen) atoms. The summed E-state index contributed by atoms with van der Waals surface area (Å²) in [6.45, 7) is 6.57. The Labute approximate surface area is 116 Å². The Morgan fingerprint density at radius 2 is 2.37 bits per heavy atom. The van der Waals surface area contributed by atoms with Crippen molar-refractivity contribution in [2.45, 2.75) is 19.9 Å². The van der Waals surface area contributed by atoms with Crippen molar-refractivity contribution >= 4 is 28.7 Å². The van der Waals surface area contributed by atoms with Crippen LogP contribution in [0, 0.1) is 6.92 Å². The second kappa shape index (κ2) is 4.58. The fourth-order valence-electron chi connectivity index (χ4n) is 2.41. The highest BCUT2D eigenvalue weighted by Gasteiger charge is 2.24. The number of phenols is 1. The molecule has 0 spiro atoms. The number of phenolic OH excluding ortho intramolecular Hbond substituents is 1. The molecular formula is C13H16ClN3O2. The van der Waals surface area contributed by atoms with Crippen molar-refractivity contribution in [2.75, 3.05) is 24.5 Å². The zero-order chi connectivity index (χ0) is 13.6. The van der Waals surface area contributed by atoms with Gasteiger partial charge in [-0.15, -0.1) is 0 Å². The molecule has 6 heteroatoms. The van der Waals surface area contributed by atoms with E-state index in [-0.39, 0.29) is 5.75 Å². The normalized spacial score (nSPS) is 20.2. The lowest BCUT2D eigenvalue weighted by Gasteiger charge is -2.32. The van der Waals surface area contributed by atoms with E-state index in [1.54, 1.807) is 13.0 Å². The van der Waals surface area contributed by atoms with Gasteiger partial charge in [0.05, 0.1) is 5.02 Å². The monoisotopic (exact) mass is 281 g/mol. The second-order valence-electron chi connectivity index (χ2n) is 4.92. The number of piperazine rings is 1. The van der Waals surface area contributed by atoms with Gasteiger partial charge in [0.2, 0.25) is 0 Å². The maximum atomic E-state index is 9.83. The third-order valence-electron chi connectivity index (χ3n) is 3.57. The van der Waals surface area contributed by atoms with Crippen LogP contribution in [-0.2, 0) is 0 Å². The van der Waals surface area contributed by atoms with Gasteiger partial charge in [-0.05, 0) is 19.9 Å². The maximum Gasteiger partial charge on any atom is 0.298 e. The molecular weight excluding hydrogens is 266 g/mol. The summed E-state index contributed by atoms with van der Waals surface area (Å²) < 4.78 is 5.81. The largest absolute Gasteiger partial charge is 0.506 e. The highest BCUT2D eigenvalue weighted by molar-refractivity contribution is 6.32. The molecule has 1 atom stereocenters. The summed E-state index contributed by atoms with van der Waals surface area (Å²) in [7, 11) is 0. The van der Waals surface area contributed by atoms with E-state index < -0.39 is 0 Å². The van der Waals surface area contributed by atoms with Crippen LogP contribution in [-0.4, -0.2) is 35.8 Å². The average Bonchev–Trinajstić information content (AvgIpc) is 2.80. The molecule has 0 saturated carbocycles. The van der Waals surface area contributed by atoms with Gasteiger partial charge in [0.25, 0.3) is 6.01 Å². The number of rotatable bonds is 1. The molecule has 0 aliphatic carbocycles. The van der Waals surface area contributed by atoms with Gasteiger partial charge in [-0.2, -0.15) is 4.98 Å². The molecule has 1 aromatic heterocycles. The molecule has 1 aliphatic rings. The first-order chi connectivity index (χ1) is 9.08. The number of halogens is 1. The number of fused-ring (bicyclic) bond motifs is 1. The smallest absolute Gasteiger partial charge is 0.298 e. The molecule has 102 valence electrons. The number of aryl methyl sites for hydroxylation is 1. The first-order valence-corrected chi connectivity index (χ1v) is 6.71. The van der Waals surface area contributed by atoms with Crippen molar-refractivity contribution < 1.29 is 9.52 Å². The van der Waals surface area contributed by atoms with Crippen LogP contribution < -0.4 is 10.2 Å². The summed E-state index contributed by atoms with van der Waals surface area (Å²) >= 11 is 5.96. The number of anilines is 1. The van der Waals surface area contributed by atoms with E-state index in [0.29, 0.717) is 33.7 Å². The number of nitrogens with one attached hydrogen (secondary N) is 1. The minimum absolute atomic E-state index is 0.0604. The number of aromatic nitrogens is 1. The molecule has 1 fully saturated rings. The molecule has 1 saturated heterocycles. The lowest BCUT2D eigenvalue weighted by Crippen LogP contribution is -2.50. The van der Waals surface area contributed by atoms with Crippen LogP contribution in [0.1, 0.15) is 12.5 Å². The fraction of sp³-hybridized carbons (Fsp3) is 0.462. The van der Waals surface area contributed by atoms with E-state index in [4.69, 9.17) is 16.0 Å². The minimum atomic E-state index is 0.0604. The maximum absolute atomic E-state index is 9.83. The van der Waals surface area contributed by atoms with Gasteiger partial charge in [0.1, 0.15) is 11.3 Å². The van der Waals surface area contributed by atoms with E-state index in [2.05, 4.69) is 22.1 Å². The number of aromatic hydroxyl groups is 1. The Morgan fingerprint density at radius 1 is 1.58 bits per heavy atom. The van der Waals surface area contributed by atoms with Crippen molar-refractivity contribution in [3.8, 4) is 5.75 Å². The summed E-state index contributed by atoms with van der Waals surface area (Å²) in [5, 5.41) is 13.5. The zero-order valence-corrected chi connectivity index (χ0v) is 11.7. The molecule has 1 aliphatic heterocycles. The molecule has 0 amide bonds. The SMILES string of the molecule is Cc1c(O)c(Cl)cc2nc(N3CCNCC3C)oc12. The van der Waals surface area contributed by atoms with Crippen molar-refractivity contribution in [1.82, 2.24) is 10.3 Å². The van der Waals surface area contributed by atoms with Gasteiger partial charge >= 0.3 is 0 Å². The molecule has 5 nitrogen and oxygen atoms in total.